The van der Waals surface area contributed by atoms with Crippen LogP contribution in [-0.2, 0) is 0 Å². The molecule has 20 heavy (non-hydrogen) atoms. The topological polar surface area (TPSA) is 48.9 Å². The lowest BCUT2D eigenvalue weighted by Crippen LogP contribution is -1.81. The fraction of sp³-hybridized carbons (Fsp3) is 0.0625. The van der Waals surface area contributed by atoms with Crippen molar-refractivity contribution >= 4 is 15.9 Å². The van der Waals surface area contributed by atoms with Gasteiger partial charge in [-0.1, -0.05) is 39.7 Å². The number of hydrogen-bond donors (Lipinski definition) is 2. The minimum absolute atomic E-state index is 0.250. The molecule has 0 amide bonds. The number of aromatic amines is 1. The maximum absolute atomic E-state index is 9.96. The Morgan fingerprint density at radius 2 is 1.95 bits per heavy atom. The van der Waals surface area contributed by atoms with Crippen molar-refractivity contribution in [2.45, 2.75) is 6.92 Å². The number of nitrogens with one attached hydrogen (secondary N) is 1. The number of halogens is 1. The Bertz CT molecular complexity index is 765. The van der Waals surface area contributed by atoms with E-state index in [4.69, 9.17) is 0 Å². The van der Waals surface area contributed by atoms with E-state index in [2.05, 4.69) is 26.1 Å². The fourth-order valence-electron chi connectivity index (χ4n) is 2.12. The zero-order valence-corrected chi connectivity index (χ0v) is 12.5. The van der Waals surface area contributed by atoms with Crippen molar-refractivity contribution in [1.82, 2.24) is 10.2 Å². The molecular formula is C16H13BrN2O. The molecule has 3 nitrogen and oxygen atoms in total. The number of aromatic hydroxyl groups is 1. The van der Waals surface area contributed by atoms with Crippen LogP contribution in [0, 0.1) is 6.92 Å². The first-order chi connectivity index (χ1) is 9.63. The Morgan fingerprint density at radius 1 is 1.10 bits per heavy atom. The number of benzene rings is 2. The van der Waals surface area contributed by atoms with Gasteiger partial charge in [0.2, 0.25) is 0 Å². The average Bonchev–Trinajstić information content (AvgIpc) is 2.91. The molecule has 0 saturated heterocycles. The van der Waals surface area contributed by atoms with Crippen molar-refractivity contribution in [3.05, 3.63) is 58.6 Å². The van der Waals surface area contributed by atoms with Gasteiger partial charge < -0.3 is 5.11 Å². The second kappa shape index (κ2) is 5.13. The van der Waals surface area contributed by atoms with Crippen LogP contribution in [0.5, 0.6) is 5.75 Å². The molecule has 4 heteroatoms. The lowest BCUT2D eigenvalue weighted by Gasteiger charge is -2.02. The van der Waals surface area contributed by atoms with Crippen LogP contribution in [0.1, 0.15) is 5.56 Å². The molecule has 0 unspecified atom stereocenters. The minimum Gasteiger partial charge on any atom is -0.507 e. The molecule has 3 rings (SSSR count). The Hall–Kier alpha value is -2.07. The molecule has 2 aromatic carbocycles. The molecule has 0 aliphatic carbocycles. The third-order valence-corrected chi connectivity index (χ3v) is 3.63. The van der Waals surface area contributed by atoms with E-state index in [9.17, 15) is 5.11 Å². The Balaban J connectivity index is 2.04. The average molecular weight is 329 g/mol. The Labute approximate surface area is 125 Å². The smallest absolute Gasteiger partial charge is 0.124 e. The van der Waals surface area contributed by atoms with Crippen molar-refractivity contribution in [2.75, 3.05) is 0 Å². The van der Waals surface area contributed by atoms with E-state index in [1.165, 1.54) is 0 Å². The Kier molecular flexibility index (Phi) is 3.32. The zero-order chi connectivity index (χ0) is 14.1. The first-order valence-electron chi connectivity index (χ1n) is 6.25. The van der Waals surface area contributed by atoms with Crippen LogP contribution in [-0.4, -0.2) is 15.3 Å². The summed E-state index contributed by atoms with van der Waals surface area (Å²) in [5.41, 5.74) is 4.53. The lowest BCUT2D eigenvalue weighted by molar-refractivity contribution is 0.477. The van der Waals surface area contributed by atoms with Gasteiger partial charge in [-0.2, -0.15) is 5.10 Å². The highest BCUT2D eigenvalue weighted by atomic mass is 79.9. The van der Waals surface area contributed by atoms with Crippen molar-refractivity contribution in [3.8, 4) is 28.3 Å². The maximum Gasteiger partial charge on any atom is 0.124 e. The number of H-pyrrole nitrogens is 1. The molecule has 0 fully saturated rings. The van der Waals surface area contributed by atoms with Crippen LogP contribution in [0.2, 0.25) is 0 Å². The van der Waals surface area contributed by atoms with Crippen LogP contribution in [0.4, 0.5) is 0 Å². The molecule has 100 valence electrons. The molecular weight excluding hydrogens is 316 g/mol. The van der Waals surface area contributed by atoms with Gasteiger partial charge in [0.15, 0.2) is 0 Å². The molecule has 1 heterocycles. The summed E-state index contributed by atoms with van der Waals surface area (Å²) in [6.07, 6.45) is 0. The number of hydrogen-bond acceptors (Lipinski definition) is 2. The highest BCUT2D eigenvalue weighted by molar-refractivity contribution is 9.10. The van der Waals surface area contributed by atoms with E-state index < -0.39 is 0 Å². The van der Waals surface area contributed by atoms with E-state index in [0.29, 0.717) is 0 Å². The number of aryl methyl sites for hydroxylation is 1. The molecule has 0 aliphatic rings. The van der Waals surface area contributed by atoms with E-state index in [1.54, 1.807) is 6.07 Å². The molecule has 0 bridgehead atoms. The number of phenolic OH excluding ortho intramolecular Hbond substituents is 1. The van der Waals surface area contributed by atoms with Crippen molar-refractivity contribution in [3.63, 3.8) is 0 Å². The number of aromatic nitrogens is 2. The summed E-state index contributed by atoms with van der Waals surface area (Å²) in [7, 11) is 0. The molecule has 3 aromatic rings. The third-order valence-electron chi connectivity index (χ3n) is 3.14. The van der Waals surface area contributed by atoms with Crippen molar-refractivity contribution in [1.29, 1.82) is 0 Å². The van der Waals surface area contributed by atoms with Crippen LogP contribution < -0.4 is 0 Å². The molecule has 0 aliphatic heterocycles. The summed E-state index contributed by atoms with van der Waals surface area (Å²) in [4.78, 5) is 0. The number of rotatable bonds is 2. The van der Waals surface area contributed by atoms with Gasteiger partial charge in [-0.25, -0.2) is 0 Å². The third kappa shape index (κ3) is 2.47. The van der Waals surface area contributed by atoms with E-state index in [-0.39, 0.29) is 5.75 Å². The predicted octanol–water partition coefficient (Wildman–Crippen LogP) is 4.52. The molecule has 0 atom stereocenters. The zero-order valence-electron chi connectivity index (χ0n) is 10.9. The summed E-state index contributed by atoms with van der Waals surface area (Å²) in [5, 5.41) is 17.3. The first-order valence-corrected chi connectivity index (χ1v) is 7.04. The van der Waals surface area contributed by atoms with Crippen LogP contribution in [0.25, 0.3) is 22.5 Å². The van der Waals surface area contributed by atoms with E-state index in [0.717, 1.165) is 32.6 Å². The monoisotopic (exact) mass is 328 g/mol. The quantitative estimate of drug-likeness (QED) is 0.726. The highest BCUT2D eigenvalue weighted by Gasteiger charge is 2.09. The van der Waals surface area contributed by atoms with Crippen LogP contribution >= 0.6 is 15.9 Å². The number of phenols is 1. The van der Waals surface area contributed by atoms with Gasteiger partial charge in [0.25, 0.3) is 0 Å². The standard InChI is InChI=1S/C16H13BrN2O/c1-10-5-6-16(20)13(7-10)15-9-14(18-19-15)11-3-2-4-12(17)8-11/h2-9,20H,1H3,(H,18,19). The molecule has 0 spiro atoms. The summed E-state index contributed by atoms with van der Waals surface area (Å²) >= 11 is 3.45. The first kappa shape index (κ1) is 12.9. The van der Waals surface area contributed by atoms with E-state index >= 15 is 0 Å². The van der Waals surface area contributed by atoms with Crippen LogP contribution in [0.3, 0.4) is 0 Å². The molecule has 0 radical (unpaired) electrons. The normalized spacial score (nSPS) is 10.7. The Morgan fingerprint density at radius 3 is 2.75 bits per heavy atom. The summed E-state index contributed by atoms with van der Waals surface area (Å²) in [5.74, 6) is 0.250. The maximum atomic E-state index is 9.96. The van der Waals surface area contributed by atoms with Gasteiger partial charge in [-0.3, -0.25) is 5.10 Å². The SMILES string of the molecule is Cc1ccc(O)c(-c2cc(-c3cccc(Br)c3)n[nH]2)c1. The van der Waals surface area contributed by atoms with Gasteiger partial charge in [0, 0.05) is 15.6 Å². The fourth-order valence-corrected chi connectivity index (χ4v) is 2.52. The van der Waals surface area contributed by atoms with Gasteiger partial charge >= 0.3 is 0 Å². The molecule has 2 N–H and O–H groups in total. The van der Waals surface area contributed by atoms with Crippen molar-refractivity contribution < 1.29 is 5.11 Å². The second-order valence-corrected chi connectivity index (χ2v) is 5.61. The summed E-state index contributed by atoms with van der Waals surface area (Å²) in [6, 6.07) is 15.4. The minimum atomic E-state index is 0.250. The summed E-state index contributed by atoms with van der Waals surface area (Å²) in [6.45, 7) is 1.99. The summed E-state index contributed by atoms with van der Waals surface area (Å²) < 4.78 is 1.01. The largest absolute Gasteiger partial charge is 0.507 e. The van der Waals surface area contributed by atoms with Gasteiger partial charge in [0.05, 0.1) is 11.4 Å². The predicted molar refractivity (Wildman–Crippen MR) is 83.6 cm³/mol. The van der Waals surface area contributed by atoms with Gasteiger partial charge in [0.1, 0.15) is 5.75 Å². The van der Waals surface area contributed by atoms with E-state index in [1.807, 2.05) is 49.4 Å². The van der Waals surface area contributed by atoms with Crippen LogP contribution in [0.15, 0.2) is 53.0 Å². The molecule has 0 saturated carbocycles. The lowest BCUT2D eigenvalue weighted by atomic mass is 10.1. The molecule has 1 aromatic heterocycles. The van der Waals surface area contributed by atoms with Gasteiger partial charge in [-0.15, -0.1) is 0 Å². The highest BCUT2D eigenvalue weighted by Crippen LogP contribution is 2.31. The number of nitrogens with zero attached hydrogens (tertiary/aromatic N) is 1. The van der Waals surface area contributed by atoms with Gasteiger partial charge in [-0.05, 0) is 37.3 Å². The van der Waals surface area contributed by atoms with Crippen molar-refractivity contribution in [2.24, 2.45) is 0 Å². The second-order valence-electron chi connectivity index (χ2n) is 4.70.